The molecular weight excluding hydrogens is 526 g/mol. The summed E-state index contributed by atoms with van der Waals surface area (Å²) in [5.41, 5.74) is -1.40. The van der Waals surface area contributed by atoms with Crippen molar-refractivity contribution < 1.29 is 45.6 Å². The van der Waals surface area contributed by atoms with Gasteiger partial charge in [-0.15, -0.1) is 13.2 Å². The fraction of sp³-hybridized carbons (Fsp3) is 0.238. The van der Waals surface area contributed by atoms with Crippen LogP contribution in [0.25, 0.3) is 0 Å². The minimum Gasteiger partial charge on any atom is -0.456 e. The predicted molar refractivity (Wildman–Crippen MR) is 116 cm³/mol. The van der Waals surface area contributed by atoms with Gasteiger partial charge in [0.1, 0.15) is 23.0 Å². The van der Waals surface area contributed by atoms with Crippen molar-refractivity contribution in [2.45, 2.75) is 17.4 Å². The van der Waals surface area contributed by atoms with Crippen molar-refractivity contribution in [3.8, 4) is 11.5 Å². The maximum absolute atomic E-state index is 13.9. The molecule has 0 fully saturated rings. The molecule has 2 aromatic carbocycles. The van der Waals surface area contributed by atoms with Crippen LogP contribution in [0.4, 0.5) is 32.0 Å². The highest BCUT2D eigenvalue weighted by molar-refractivity contribution is 7.89. The van der Waals surface area contributed by atoms with Crippen molar-refractivity contribution >= 4 is 27.3 Å². The molecule has 1 aliphatic heterocycles. The van der Waals surface area contributed by atoms with Gasteiger partial charge in [-0.2, -0.15) is 13.2 Å². The van der Waals surface area contributed by atoms with E-state index in [4.69, 9.17) is 17.7 Å². The molecule has 2 aromatic rings. The van der Waals surface area contributed by atoms with Crippen molar-refractivity contribution in [3.05, 3.63) is 71.1 Å². The number of alkyl halides is 6. The summed E-state index contributed by atoms with van der Waals surface area (Å²) in [6.45, 7) is -0.654. The van der Waals surface area contributed by atoms with E-state index in [1.54, 1.807) is 0 Å². The van der Waals surface area contributed by atoms with Gasteiger partial charge in [-0.3, -0.25) is 0 Å². The third-order valence-electron chi connectivity index (χ3n) is 4.53. The molecule has 0 saturated carbocycles. The zero-order chi connectivity index (χ0) is 27.1. The molecule has 0 N–H and O–H groups in total. The molecule has 0 aliphatic carbocycles. The zero-order valence-electron chi connectivity index (χ0n) is 18.9. The van der Waals surface area contributed by atoms with Gasteiger partial charge in [0.05, 0.1) is 11.3 Å². The number of anilines is 1. The van der Waals surface area contributed by atoms with Crippen LogP contribution >= 0.6 is 11.6 Å². The molecule has 0 aromatic heterocycles. The minimum absolute atomic E-state index is 0.142. The van der Waals surface area contributed by atoms with E-state index in [2.05, 4.69) is 4.74 Å². The molecule has 1 heterocycles. The van der Waals surface area contributed by atoms with E-state index >= 15 is 0 Å². The Kier molecular flexibility index (Phi) is 6.93. The Morgan fingerprint density at radius 3 is 2.34 bits per heavy atom. The summed E-state index contributed by atoms with van der Waals surface area (Å²) in [4.78, 5) is 0.447. The van der Waals surface area contributed by atoms with E-state index in [0.717, 1.165) is 28.6 Å². The summed E-state index contributed by atoms with van der Waals surface area (Å²) >= 11 is 5.89. The highest BCUT2D eigenvalue weighted by Gasteiger charge is 2.40. The van der Waals surface area contributed by atoms with Crippen molar-refractivity contribution in [2.75, 3.05) is 25.5 Å². The molecule has 1 aliphatic rings. The van der Waals surface area contributed by atoms with Gasteiger partial charge in [0.2, 0.25) is 10.0 Å². The first-order valence-corrected chi connectivity index (χ1v) is 11.3. The van der Waals surface area contributed by atoms with Gasteiger partial charge in [0.15, 0.2) is 0 Å². The standard InChI is InChI=1S/C21H17ClF6N2O4S/c1-29(2)35(31,32)16-5-3-4-13(10-16)30-9-8-14(12-19(30)20(23,24)25)33-18-7-6-15(11-17(18)22)34-21(26,27)28/h3-8,10-12H,9H2,1-2H3/i8D. The molecule has 0 bridgehead atoms. The maximum Gasteiger partial charge on any atom is 0.573 e. The summed E-state index contributed by atoms with van der Waals surface area (Å²) in [5, 5.41) is -0.400. The largest absolute Gasteiger partial charge is 0.573 e. The number of sulfonamides is 1. The lowest BCUT2D eigenvalue weighted by Crippen LogP contribution is -2.35. The number of allylic oxidation sites excluding steroid dienone is 2. The molecule has 0 atom stereocenters. The fourth-order valence-electron chi connectivity index (χ4n) is 2.93. The summed E-state index contributed by atoms with van der Waals surface area (Å²) in [6, 6.07) is 6.91. The van der Waals surface area contributed by atoms with E-state index in [9.17, 15) is 34.8 Å². The van der Waals surface area contributed by atoms with E-state index < -0.39 is 57.4 Å². The van der Waals surface area contributed by atoms with Crippen LogP contribution in [0.3, 0.4) is 0 Å². The number of hydrogen-bond acceptors (Lipinski definition) is 5. The number of rotatable bonds is 6. The molecule has 6 nitrogen and oxygen atoms in total. The number of halogens is 7. The Balaban J connectivity index is 1.97. The Bertz CT molecular complexity index is 1330. The third kappa shape index (κ3) is 6.41. The molecule has 0 spiro atoms. The van der Waals surface area contributed by atoms with Crippen molar-refractivity contribution in [1.82, 2.24) is 4.31 Å². The summed E-state index contributed by atoms with van der Waals surface area (Å²) in [5.74, 6) is -1.54. The van der Waals surface area contributed by atoms with Gasteiger partial charge < -0.3 is 14.4 Å². The molecule has 3 rings (SSSR count). The van der Waals surface area contributed by atoms with Crippen LogP contribution in [-0.4, -0.2) is 45.9 Å². The first-order valence-electron chi connectivity index (χ1n) is 10.0. The normalized spacial score (nSPS) is 15.8. The zero-order valence-corrected chi connectivity index (χ0v) is 19.5. The van der Waals surface area contributed by atoms with Crippen molar-refractivity contribution in [3.63, 3.8) is 0 Å². The highest BCUT2D eigenvalue weighted by Crippen LogP contribution is 2.38. The van der Waals surface area contributed by atoms with Crippen LogP contribution in [0.5, 0.6) is 11.5 Å². The van der Waals surface area contributed by atoms with E-state index in [1.165, 1.54) is 32.3 Å². The van der Waals surface area contributed by atoms with Crippen LogP contribution in [0.1, 0.15) is 1.37 Å². The van der Waals surface area contributed by atoms with Gasteiger partial charge in [-0.25, -0.2) is 12.7 Å². The first kappa shape index (κ1) is 25.2. The monoisotopic (exact) mass is 543 g/mol. The SMILES string of the molecule is [2H]C1=C(Oc2ccc(OC(F)(F)F)cc2Cl)C=C(C(F)(F)F)N(c2cccc(S(=O)(=O)N(C)C)c2)C1. The summed E-state index contributed by atoms with van der Waals surface area (Å²) in [6.07, 6.45) is -9.40. The Hall–Kier alpha value is -2.90. The Morgan fingerprint density at radius 1 is 1.09 bits per heavy atom. The van der Waals surface area contributed by atoms with Gasteiger partial charge in [-0.1, -0.05) is 17.7 Å². The molecule has 14 heteroatoms. The lowest BCUT2D eigenvalue weighted by atomic mass is 10.1. The molecule has 0 saturated heterocycles. The molecule has 0 amide bonds. The predicted octanol–water partition coefficient (Wildman–Crippen LogP) is 5.72. The van der Waals surface area contributed by atoms with Gasteiger partial charge >= 0.3 is 12.5 Å². The summed E-state index contributed by atoms with van der Waals surface area (Å²) in [7, 11) is -1.41. The molecule has 0 radical (unpaired) electrons. The number of hydrogen-bond donors (Lipinski definition) is 0. The number of nitrogens with zero attached hydrogens (tertiary/aromatic N) is 2. The van der Waals surface area contributed by atoms with Crippen molar-refractivity contribution in [1.29, 1.82) is 0 Å². The second-order valence-corrected chi connectivity index (χ2v) is 9.74. The van der Waals surface area contributed by atoms with Crippen LogP contribution in [0, 0.1) is 0 Å². The molecule has 0 unspecified atom stereocenters. The third-order valence-corrected chi connectivity index (χ3v) is 6.63. The van der Waals surface area contributed by atoms with Crippen LogP contribution in [0.2, 0.25) is 5.02 Å². The fourth-order valence-corrected chi connectivity index (χ4v) is 4.08. The molecule has 190 valence electrons. The van der Waals surface area contributed by atoms with E-state index in [0.29, 0.717) is 11.0 Å². The summed E-state index contributed by atoms with van der Waals surface area (Å²) < 4.78 is 122. The van der Waals surface area contributed by atoms with Gasteiger partial charge in [-0.05, 0) is 36.4 Å². The lowest BCUT2D eigenvalue weighted by molar-refractivity contribution is -0.274. The van der Waals surface area contributed by atoms with Crippen molar-refractivity contribution in [2.24, 2.45) is 0 Å². The first-order chi connectivity index (χ1) is 16.5. The quantitative estimate of drug-likeness (QED) is 0.436. The second-order valence-electron chi connectivity index (χ2n) is 7.18. The van der Waals surface area contributed by atoms with Gasteiger partial charge in [0, 0.05) is 38.5 Å². The average Bonchev–Trinajstić information content (AvgIpc) is 2.74. The van der Waals surface area contributed by atoms with Gasteiger partial charge in [0.25, 0.3) is 0 Å². The average molecular weight is 544 g/mol. The topological polar surface area (TPSA) is 59.1 Å². The van der Waals surface area contributed by atoms with Crippen LogP contribution < -0.4 is 14.4 Å². The van der Waals surface area contributed by atoms with E-state index in [-0.39, 0.29) is 16.3 Å². The van der Waals surface area contributed by atoms with Crippen LogP contribution in [-0.2, 0) is 10.0 Å². The maximum atomic E-state index is 13.9. The lowest BCUT2D eigenvalue weighted by Gasteiger charge is -2.31. The van der Waals surface area contributed by atoms with Crippen LogP contribution in [0.15, 0.2) is 70.9 Å². The number of ether oxygens (including phenoxy) is 2. The Morgan fingerprint density at radius 2 is 1.77 bits per heavy atom. The smallest absolute Gasteiger partial charge is 0.456 e. The second kappa shape index (κ2) is 9.63. The highest BCUT2D eigenvalue weighted by atomic mass is 35.5. The Labute approximate surface area is 203 Å². The number of benzene rings is 2. The minimum atomic E-state index is -4.98. The van der Waals surface area contributed by atoms with E-state index in [1.807, 2.05) is 0 Å². The molecule has 35 heavy (non-hydrogen) atoms. The molecular formula is C21H17ClF6N2O4S.